The van der Waals surface area contributed by atoms with Crippen LogP contribution in [0.25, 0.3) is 0 Å². The van der Waals surface area contributed by atoms with Gasteiger partial charge in [0.1, 0.15) is 0 Å². The van der Waals surface area contributed by atoms with E-state index in [2.05, 4.69) is 6.58 Å². The fourth-order valence-corrected chi connectivity index (χ4v) is 5.55. The molecule has 0 aromatic heterocycles. The summed E-state index contributed by atoms with van der Waals surface area (Å²) in [5.74, 6) is 0.111. The Labute approximate surface area is 144 Å². The average molecular weight is 348 g/mol. The molecule has 2 aliphatic rings. The first-order valence-corrected chi connectivity index (χ1v) is 9.90. The molecule has 1 atom stereocenters. The fourth-order valence-electron chi connectivity index (χ4n) is 3.97. The maximum atomic E-state index is 13.0. The number of carbonyl (C=O) groups is 1. The van der Waals surface area contributed by atoms with Crippen LogP contribution in [0.15, 0.2) is 47.9 Å². The minimum absolute atomic E-state index is 0.111. The van der Waals surface area contributed by atoms with Crippen molar-refractivity contribution in [3.05, 3.63) is 43.0 Å². The van der Waals surface area contributed by atoms with Gasteiger partial charge >= 0.3 is 0 Å². The minimum Gasteiger partial charge on any atom is -0.332 e. The molecule has 3 rings (SSSR count). The van der Waals surface area contributed by atoms with Gasteiger partial charge < -0.3 is 4.90 Å². The number of hydrogen-bond donors (Lipinski definition) is 0. The lowest BCUT2D eigenvalue weighted by atomic mass is 9.80. The summed E-state index contributed by atoms with van der Waals surface area (Å²) >= 11 is 0. The average Bonchev–Trinajstić information content (AvgIpc) is 2.59. The highest BCUT2D eigenvalue weighted by atomic mass is 32.2. The molecule has 2 aliphatic heterocycles. The molecule has 0 aliphatic carbocycles. The van der Waals surface area contributed by atoms with Crippen LogP contribution in [-0.4, -0.2) is 48.7 Å². The largest absolute Gasteiger partial charge is 0.332 e. The molecular weight excluding hydrogens is 324 g/mol. The predicted molar refractivity (Wildman–Crippen MR) is 92.9 cm³/mol. The van der Waals surface area contributed by atoms with Gasteiger partial charge in [-0.15, -0.1) is 6.58 Å². The Bertz CT molecular complexity index is 713. The first-order chi connectivity index (χ1) is 11.5. The molecule has 2 fully saturated rings. The van der Waals surface area contributed by atoms with Crippen LogP contribution < -0.4 is 0 Å². The molecule has 0 bridgehead atoms. The molecule has 1 spiro atoms. The number of amides is 1. The second-order valence-electron chi connectivity index (χ2n) is 6.63. The molecule has 130 valence electrons. The van der Waals surface area contributed by atoms with Gasteiger partial charge in [-0.25, -0.2) is 8.42 Å². The van der Waals surface area contributed by atoms with Crippen LogP contribution in [0.2, 0.25) is 0 Å². The summed E-state index contributed by atoms with van der Waals surface area (Å²) in [6.07, 6.45) is 5.58. The Morgan fingerprint density at radius 2 is 1.88 bits per heavy atom. The Kier molecular flexibility index (Phi) is 4.78. The van der Waals surface area contributed by atoms with E-state index in [9.17, 15) is 13.2 Å². The van der Waals surface area contributed by atoms with Crippen LogP contribution in [0.3, 0.4) is 0 Å². The van der Waals surface area contributed by atoms with E-state index in [1.54, 1.807) is 34.6 Å². The quantitative estimate of drug-likeness (QED) is 0.785. The van der Waals surface area contributed by atoms with Crippen molar-refractivity contribution in [2.45, 2.75) is 42.5 Å². The molecule has 1 amide bonds. The van der Waals surface area contributed by atoms with E-state index in [0.717, 1.165) is 25.7 Å². The molecule has 24 heavy (non-hydrogen) atoms. The Morgan fingerprint density at radius 1 is 1.17 bits per heavy atom. The highest BCUT2D eigenvalue weighted by Gasteiger charge is 2.47. The van der Waals surface area contributed by atoms with Gasteiger partial charge in [-0.05, 0) is 37.8 Å². The van der Waals surface area contributed by atoms with Gasteiger partial charge in [-0.1, -0.05) is 24.3 Å². The fraction of sp³-hybridized carbons (Fsp3) is 0.500. The molecule has 0 radical (unpaired) electrons. The molecule has 0 N–H and O–H groups in total. The van der Waals surface area contributed by atoms with Crippen molar-refractivity contribution in [2.24, 2.45) is 0 Å². The highest BCUT2D eigenvalue weighted by molar-refractivity contribution is 7.89. The van der Waals surface area contributed by atoms with E-state index in [0.29, 0.717) is 31.0 Å². The number of benzene rings is 1. The highest BCUT2D eigenvalue weighted by Crippen LogP contribution is 2.38. The standard InChI is InChI=1S/C18H24N2O3S/c1-2-13-20-17(21)10-6-11-18(20)12-7-14-19(15-18)24(22,23)16-8-4-3-5-9-16/h2-5,8-9H,1,6-7,10-15H2/t18-/m1/s1. The molecule has 2 heterocycles. The third kappa shape index (κ3) is 3.00. The van der Waals surface area contributed by atoms with E-state index < -0.39 is 10.0 Å². The first kappa shape index (κ1) is 17.2. The lowest BCUT2D eigenvalue weighted by Gasteiger charge is -2.51. The van der Waals surface area contributed by atoms with Gasteiger partial charge in [0.2, 0.25) is 15.9 Å². The van der Waals surface area contributed by atoms with Crippen LogP contribution in [0.4, 0.5) is 0 Å². The summed E-state index contributed by atoms with van der Waals surface area (Å²) < 4.78 is 27.5. The van der Waals surface area contributed by atoms with Crippen molar-refractivity contribution in [3.63, 3.8) is 0 Å². The van der Waals surface area contributed by atoms with E-state index in [1.165, 1.54) is 0 Å². The lowest BCUT2D eigenvalue weighted by Crippen LogP contribution is -2.63. The molecule has 0 unspecified atom stereocenters. The molecule has 5 nitrogen and oxygen atoms in total. The summed E-state index contributed by atoms with van der Waals surface area (Å²) in [4.78, 5) is 14.6. The Morgan fingerprint density at radius 3 is 2.58 bits per heavy atom. The minimum atomic E-state index is -3.52. The van der Waals surface area contributed by atoms with Gasteiger partial charge in [0.25, 0.3) is 0 Å². The van der Waals surface area contributed by atoms with Crippen molar-refractivity contribution in [1.29, 1.82) is 0 Å². The van der Waals surface area contributed by atoms with Crippen LogP contribution in [0.1, 0.15) is 32.1 Å². The van der Waals surface area contributed by atoms with Gasteiger partial charge in [-0.2, -0.15) is 4.31 Å². The normalized spacial score (nSPS) is 25.8. The number of nitrogens with zero attached hydrogens (tertiary/aromatic N) is 2. The van der Waals surface area contributed by atoms with E-state index in [4.69, 9.17) is 0 Å². The van der Waals surface area contributed by atoms with E-state index in [-0.39, 0.29) is 11.4 Å². The molecule has 1 aromatic carbocycles. The zero-order valence-electron chi connectivity index (χ0n) is 13.9. The molecule has 6 heteroatoms. The topological polar surface area (TPSA) is 57.7 Å². The Hall–Kier alpha value is -1.66. The van der Waals surface area contributed by atoms with Crippen molar-refractivity contribution >= 4 is 15.9 Å². The summed E-state index contributed by atoms with van der Waals surface area (Å²) in [6, 6.07) is 8.54. The van der Waals surface area contributed by atoms with E-state index in [1.807, 2.05) is 11.0 Å². The van der Waals surface area contributed by atoms with E-state index >= 15 is 0 Å². The molecule has 2 saturated heterocycles. The maximum absolute atomic E-state index is 13.0. The van der Waals surface area contributed by atoms with Gasteiger partial charge in [0.05, 0.1) is 10.4 Å². The van der Waals surface area contributed by atoms with Crippen LogP contribution in [-0.2, 0) is 14.8 Å². The summed E-state index contributed by atoms with van der Waals surface area (Å²) in [5, 5.41) is 0. The van der Waals surface area contributed by atoms with Crippen LogP contribution in [0, 0.1) is 0 Å². The molecule has 0 saturated carbocycles. The van der Waals surface area contributed by atoms with Crippen molar-refractivity contribution in [2.75, 3.05) is 19.6 Å². The monoisotopic (exact) mass is 348 g/mol. The maximum Gasteiger partial charge on any atom is 0.243 e. The number of sulfonamides is 1. The van der Waals surface area contributed by atoms with Gasteiger partial charge in [0.15, 0.2) is 0 Å². The third-order valence-electron chi connectivity index (χ3n) is 5.12. The van der Waals surface area contributed by atoms with Crippen molar-refractivity contribution in [3.8, 4) is 0 Å². The zero-order valence-corrected chi connectivity index (χ0v) is 14.7. The summed E-state index contributed by atoms with van der Waals surface area (Å²) in [6.45, 7) is 5.13. The summed E-state index contributed by atoms with van der Waals surface area (Å²) in [5.41, 5.74) is -0.385. The second-order valence-corrected chi connectivity index (χ2v) is 8.56. The number of hydrogen-bond acceptors (Lipinski definition) is 3. The number of piperidine rings is 2. The zero-order chi connectivity index (χ0) is 17.2. The second kappa shape index (κ2) is 6.69. The molecule has 1 aromatic rings. The third-order valence-corrected chi connectivity index (χ3v) is 6.98. The first-order valence-electron chi connectivity index (χ1n) is 8.46. The Balaban J connectivity index is 1.91. The molecular formula is C18H24N2O3S. The predicted octanol–water partition coefficient (Wildman–Crippen LogP) is 2.41. The van der Waals surface area contributed by atoms with Gasteiger partial charge in [-0.3, -0.25) is 4.79 Å². The van der Waals surface area contributed by atoms with Crippen LogP contribution >= 0.6 is 0 Å². The SMILES string of the molecule is C=CCN1C(=O)CCC[C@]12CCCN(S(=O)(=O)c1ccccc1)C2. The smallest absolute Gasteiger partial charge is 0.243 e. The number of rotatable bonds is 4. The number of likely N-dealkylation sites (tertiary alicyclic amines) is 1. The number of carbonyl (C=O) groups excluding carboxylic acids is 1. The van der Waals surface area contributed by atoms with Crippen molar-refractivity contribution in [1.82, 2.24) is 9.21 Å². The van der Waals surface area contributed by atoms with Gasteiger partial charge in [0, 0.05) is 26.1 Å². The van der Waals surface area contributed by atoms with Crippen LogP contribution in [0.5, 0.6) is 0 Å². The lowest BCUT2D eigenvalue weighted by molar-refractivity contribution is -0.143. The summed E-state index contributed by atoms with van der Waals surface area (Å²) in [7, 11) is -3.52. The van der Waals surface area contributed by atoms with Crippen molar-refractivity contribution < 1.29 is 13.2 Å².